The van der Waals surface area contributed by atoms with Crippen molar-refractivity contribution in [1.82, 2.24) is 0 Å². The molecule has 0 spiro atoms. The minimum atomic E-state index is -2.54. The third kappa shape index (κ3) is 6.17. The molecule has 0 aromatic heterocycles. The van der Waals surface area contributed by atoms with E-state index in [0.717, 1.165) is 0 Å². The number of hydrogen-bond acceptors (Lipinski definition) is 6. The van der Waals surface area contributed by atoms with Gasteiger partial charge < -0.3 is 19.7 Å². The molecule has 0 aromatic rings. The Kier molecular flexibility index (Phi) is 6.44. The van der Waals surface area contributed by atoms with Gasteiger partial charge in [0.2, 0.25) is 0 Å². The van der Waals surface area contributed by atoms with Crippen molar-refractivity contribution in [2.45, 2.75) is 45.7 Å². The molecule has 0 amide bonds. The number of aliphatic hydroxyl groups excluding tert-OH is 1. The first kappa shape index (κ1) is 17.3. The van der Waals surface area contributed by atoms with Crippen LogP contribution >= 0.6 is 0 Å². The summed E-state index contributed by atoms with van der Waals surface area (Å²) < 4.78 is 9.33. The van der Waals surface area contributed by atoms with Crippen molar-refractivity contribution < 1.29 is 29.3 Å². The zero-order valence-corrected chi connectivity index (χ0v) is 11.4. The summed E-state index contributed by atoms with van der Waals surface area (Å²) in [4.78, 5) is 22.8. The minimum Gasteiger partial charge on any atom is -0.394 e. The van der Waals surface area contributed by atoms with Crippen LogP contribution in [0.4, 0.5) is 0 Å². The van der Waals surface area contributed by atoms with Crippen LogP contribution < -0.4 is 0 Å². The standard InChI is InChI=1S/C13H20O6/c1-6-10(14)7-13(17,18-11(15)8(2)3)19-12(16)9(4)5/h10,14,17H,2,4,6-7H2,1,3,5H3. The fourth-order valence-corrected chi connectivity index (χ4v) is 1.01. The summed E-state index contributed by atoms with van der Waals surface area (Å²) in [5, 5.41) is 19.5. The Bertz CT molecular complexity index is 357. The maximum atomic E-state index is 11.4. The van der Waals surface area contributed by atoms with Gasteiger partial charge in [0.05, 0.1) is 12.5 Å². The summed E-state index contributed by atoms with van der Waals surface area (Å²) in [6.07, 6.45) is -1.17. The Morgan fingerprint density at radius 1 is 1.16 bits per heavy atom. The Morgan fingerprint density at radius 3 is 1.79 bits per heavy atom. The first-order chi connectivity index (χ1) is 8.61. The summed E-state index contributed by atoms with van der Waals surface area (Å²) in [7, 11) is 0. The third-order valence-corrected chi connectivity index (χ3v) is 2.17. The van der Waals surface area contributed by atoms with Crippen LogP contribution in [0.5, 0.6) is 0 Å². The summed E-state index contributed by atoms with van der Waals surface area (Å²) in [5.41, 5.74) is 0.0478. The Morgan fingerprint density at radius 2 is 1.53 bits per heavy atom. The van der Waals surface area contributed by atoms with Crippen molar-refractivity contribution in [2.75, 3.05) is 0 Å². The maximum Gasteiger partial charge on any atom is 0.376 e. The van der Waals surface area contributed by atoms with Gasteiger partial charge in [-0.25, -0.2) is 9.59 Å². The topological polar surface area (TPSA) is 93.1 Å². The number of rotatable bonds is 7. The van der Waals surface area contributed by atoms with Gasteiger partial charge in [0.25, 0.3) is 0 Å². The van der Waals surface area contributed by atoms with E-state index in [1.54, 1.807) is 6.92 Å². The molecule has 0 aromatic carbocycles. The van der Waals surface area contributed by atoms with Gasteiger partial charge in [-0.15, -0.1) is 0 Å². The van der Waals surface area contributed by atoms with E-state index in [1.807, 2.05) is 0 Å². The van der Waals surface area contributed by atoms with Crippen LogP contribution in [0.15, 0.2) is 24.3 Å². The molecule has 1 atom stereocenters. The lowest BCUT2D eigenvalue weighted by Crippen LogP contribution is -2.43. The van der Waals surface area contributed by atoms with Crippen LogP contribution in [0.25, 0.3) is 0 Å². The van der Waals surface area contributed by atoms with E-state index in [-0.39, 0.29) is 17.6 Å². The van der Waals surface area contributed by atoms with E-state index in [2.05, 4.69) is 22.6 Å². The predicted molar refractivity (Wildman–Crippen MR) is 67.7 cm³/mol. The Balaban J connectivity index is 5.00. The molecule has 0 fully saturated rings. The molecule has 19 heavy (non-hydrogen) atoms. The van der Waals surface area contributed by atoms with Gasteiger partial charge in [-0.05, 0) is 20.3 Å². The minimum absolute atomic E-state index is 0.0239. The van der Waals surface area contributed by atoms with Crippen LogP contribution in [-0.4, -0.2) is 34.2 Å². The first-order valence-electron chi connectivity index (χ1n) is 5.79. The van der Waals surface area contributed by atoms with Gasteiger partial charge in [-0.3, -0.25) is 0 Å². The van der Waals surface area contributed by atoms with E-state index >= 15 is 0 Å². The number of carbonyl (C=O) groups excluding carboxylic acids is 2. The van der Waals surface area contributed by atoms with Crippen molar-refractivity contribution in [1.29, 1.82) is 0 Å². The normalized spacial score (nSPS) is 12.5. The van der Waals surface area contributed by atoms with Crippen LogP contribution in [0.1, 0.15) is 33.6 Å². The second kappa shape index (κ2) is 7.06. The van der Waals surface area contributed by atoms with Crippen molar-refractivity contribution in [3.63, 3.8) is 0 Å². The molecule has 6 nitrogen and oxygen atoms in total. The predicted octanol–water partition coefficient (Wildman–Crippen LogP) is 1.03. The molecule has 0 heterocycles. The van der Waals surface area contributed by atoms with Gasteiger partial charge in [0.15, 0.2) is 0 Å². The monoisotopic (exact) mass is 272 g/mol. The molecule has 0 rings (SSSR count). The number of ether oxygens (including phenoxy) is 2. The number of aliphatic hydroxyl groups is 2. The van der Waals surface area contributed by atoms with Gasteiger partial charge in [0, 0.05) is 11.1 Å². The maximum absolute atomic E-state index is 11.4. The van der Waals surface area contributed by atoms with Crippen LogP contribution in [0, 0.1) is 0 Å². The van der Waals surface area contributed by atoms with Crippen molar-refractivity contribution in [3.05, 3.63) is 24.3 Å². The molecule has 0 saturated carbocycles. The van der Waals surface area contributed by atoms with Gasteiger partial charge in [-0.2, -0.15) is 0 Å². The fourth-order valence-electron chi connectivity index (χ4n) is 1.01. The third-order valence-electron chi connectivity index (χ3n) is 2.17. The number of hydrogen-bond donors (Lipinski definition) is 2. The lowest BCUT2D eigenvalue weighted by molar-refractivity contribution is -0.331. The number of esters is 2. The average Bonchev–Trinajstić information content (AvgIpc) is 2.27. The zero-order chi connectivity index (χ0) is 15.2. The summed E-state index contributed by atoms with van der Waals surface area (Å²) in [5.74, 6) is -4.40. The molecule has 1 unspecified atom stereocenters. The van der Waals surface area contributed by atoms with E-state index in [1.165, 1.54) is 13.8 Å². The molecule has 6 heteroatoms. The highest BCUT2D eigenvalue weighted by Gasteiger charge is 2.39. The lowest BCUT2D eigenvalue weighted by atomic mass is 10.2. The molecule has 2 N–H and O–H groups in total. The first-order valence-corrected chi connectivity index (χ1v) is 5.79. The van der Waals surface area contributed by atoms with Crippen molar-refractivity contribution >= 4 is 11.9 Å². The van der Waals surface area contributed by atoms with Crippen molar-refractivity contribution in [2.24, 2.45) is 0 Å². The van der Waals surface area contributed by atoms with Crippen LogP contribution in [0.2, 0.25) is 0 Å². The van der Waals surface area contributed by atoms with Gasteiger partial charge in [0.1, 0.15) is 0 Å². The highest BCUT2D eigenvalue weighted by Crippen LogP contribution is 2.21. The Labute approximate surface area is 112 Å². The molecule has 108 valence electrons. The number of carbonyl (C=O) groups is 2. The zero-order valence-electron chi connectivity index (χ0n) is 11.4. The smallest absolute Gasteiger partial charge is 0.376 e. The second-order valence-corrected chi connectivity index (χ2v) is 4.32. The SMILES string of the molecule is C=C(C)C(=O)OC(O)(CC(O)CC)OC(=O)C(=C)C. The highest BCUT2D eigenvalue weighted by atomic mass is 16.8. The summed E-state index contributed by atoms with van der Waals surface area (Å²) in [6, 6.07) is 0. The van der Waals surface area contributed by atoms with E-state index in [0.29, 0.717) is 0 Å². The molecule has 0 saturated heterocycles. The fraction of sp³-hybridized carbons (Fsp3) is 0.538. The quantitative estimate of drug-likeness (QED) is 0.408. The Hall–Kier alpha value is -1.66. The summed E-state index contributed by atoms with van der Waals surface area (Å²) in [6.45, 7) is 11.1. The highest BCUT2D eigenvalue weighted by molar-refractivity contribution is 5.88. The van der Waals surface area contributed by atoms with E-state index < -0.39 is 30.4 Å². The van der Waals surface area contributed by atoms with Crippen LogP contribution in [-0.2, 0) is 19.1 Å². The molecule has 0 radical (unpaired) electrons. The van der Waals surface area contributed by atoms with Crippen molar-refractivity contribution in [3.8, 4) is 0 Å². The van der Waals surface area contributed by atoms with Gasteiger partial charge >= 0.3 is 17.9 Å². The van der Waals surface area contributed by atoms with E-state index in [4.69, 9.17) is 0 Å². The molecule has 0 bridgehead atoms. The second-order valence-electron chi connectivity index (χ2n) is 4.32. The molecule has 0 aliphatic carbocycles. The van der Waals surface area contributed by atoms with Gasteiger partial charge in [-0.1, -0.05) is 20.1 Å². The average molecular weight is 272 g/mol. The van der Waals surface area contributed by atoms with Crippen LogP contribution in [0.3, 0.4) is 0 Å². The largest absolute Gasteiger partial charge is 0.394 e. The van der Waals surface area contributed by atoms with E-state index in [9.17, 15) is 19.8 Å². The molecular formula is C13H20O6. The molecule has 0 aliphatic heterocycles. The lowest BCUT2D eigenvalue weighted by Gasteiger charge is -2.28. The molecular weight excluding hydrogens is 252 g/mol. The summed E-state index contributed by atoms with van der Waals surface area (Å²) >= 11 is 0. The molecule has 0 aliphatic rings.